The van der Waals surface area contributed by atoms with Gasteiger partial charge in [0.2, 0.25) is 0 Å². The van der Waals surface area contributed by atoms with Gasteiger partial charge in [0.15, 0.2) is 0 Å². The van der Waals surface area contributed by atoms with Crippen molar-refractivity contribution >= 4 is 39.7 Å². The number of anilines is 1. The molecule has 0 unspecified atom stereocenters. The second kappa shape index (κ2) is 37.4. The molecule has 1 N–H and O–H groups in total. The Morgan fingerprint density at radius 1 is 0.442 bits per heavy atom. The second-order valence-electron chi connectivity index (χ2n) is 10.2. The van der Waals surface area contributed by atoms with Gasteiger partial charge in [0.25, 0.3) is 11.4 Å². The Morgan fingerprint density at radius 3 is 1.00 bits per heavy atom. The monoisotopic (exact) mass is 865 g/mol. The SMILES string of the molecule is O=[N+]([O-])c1ccc(NCCOCCOCCOCCOCCOCCOCCOCCOCCOCCOCCOCCOCCI)c([N+](=O)[O-])c1. The number of ether oxygens (including phenoxy) is 12. The van der Waals surface area contributed by atoms with E-state index in [0.717, 1.165) is 17.1 Å². The van der Waals surface area contributed by atoms with E-state index < -0.39 is 9.85 Å². The normalized spacial score (nSPS) is 11.3. The van der Waals surface area contributed by atoms with E-state index in [9.17, 15) is 20.2 Å². The first-order valence-electron chi connectivity index (χ1n) is 17.2. The minimum absolute atomic E-state index is 0.185. The first-order chi connectivity index (χ1) is 25.6. The predicted molar refractivity (Wildman–Crippen MR) is 197 cm³/mol. The van der Waals surface area contributed by atoms with Crippen molar-refractivity contribution in [2.24, 2.45) is 0 Å². The molecule has 0 aliphatic carbocycles. The van der Waals surface area contributed by atoms with Gasteiger partial charge in [-0.1, -0.05) is 22.6 Å². The molecule has 0 spiro atoms. The Balaban J connectivity index is 1.70. The molecule has 1 rings (SSSR count). The molecule has 0 bridgehead atoms. The van der Waals surface area contributed by atoms with Crippen LogP contribution in [0.25, 0.3) is 0 Å². The minimum Gasteiger partial charge on any atom is -0.378 e. The Kier molecular flexibility index (Phi) is 34.6. The van der Waals surface area contributed by atoms with Gasteiger partial charge in [-0.3, -0.25) is 20.2 Å². The maximum atomic E-state index is 11.1. The standard InChI is InChI=1S/C32H56IN3O16/c33-3-5-41-7-9-43-11-13-45-15-17-47-19-21-49-23-25-51-27-28-52-26-24-50-22-20-48-18-16-46-14-12-44-10-8-42-6-4-34-31-2-1-30(35(37)38)29-32(31)36(39)40/h1-2,29,34H,3-28H2. The summed E-state index contributed by atoms with van der Waals surface area (Å²) in [7, 11) is 0. The molecular weight excluding hydrogens is 809 g/mol. The van der Waals surface area contributed by atoms with Crippen LogP contribution in [-0.2, 0) is 56.8 Å². The summed E-state index contributed by atoms with van der Waals surface area (Å²) in [5, 5.41) is 24.8. The van der Waals surface area contributed by atoms with Gasteiger partial charge in [0, 0.05) is 17.0 Å². The van der Waals surface area contributed by atoms with Crippen LogP contribution >= 0.6 is 22.6 Å². The number of hydrogen-bond donors (Lipinski definition) is 1. The number of rotatable bonds is 41. The molecule has 1 aromatic carbocycles. The molecule has 20 heteroatoms. The molecule has 0 radical (unpaired) electrons. The van der Waals surface area contributed by atoms with E-state index in [1.54, 1.807) is 0 Å². The van der Waals surface area contributed by atoms with Crippen LogP contribution in [0, 0.1) is 20.2 Å². The van der Waals surface area contributed by atoms with Crippen molar-refractivity contribution in [1.29, 1.82) is 0 Å². The summed E-state index contributed by atoms with van der Waals surface area (Å²) in [4.78, 5) is 20.6. The zero-order valence-electron chi connectivity index (χ0n) is 29.9. The second-order valence-corrected chi connectivity index (χ2v) is 11.3. The van der Waals surface area contributed by atoms with E-state index in [4.69, 9.17) is 56.8 Å². The third-order valence-electron chi connectivity index (χ3n) is 6.26. The Morgan fingerprint density at radius 2 is 0.731 bits per heavy atom. The largest absolute Gasteiger partial charge is 0.378 e. The van der Waals surface area contributed by atoms with Crippen LogP contribution in [0.4, 0.5) is 17.1 Å². The van der Waals surface area contributed by atoms with Gasteiger partial charge in [-0.2, -0.15) is 0 Å². The molecular formula is C32H56IN3O16. The van der Waals surface area contributed by atoms with E-state index >= 15 is 0 Å². The van der Waals surface area contributed by atoms with E-state index in [-0.39, 0.29) is 30.2 Å². The van der Waals surface area contributed by atoms with E-state index in [1.165, 1.54) is 12.1 Å². The summed E-state index contributed by atoms with van der Waals surface area (Å²) in [5.74, 6) is 0. The fourth-order valence-corrected chi connectivity index (χ4v) is 4.08. The van der Waals surface area contributed by atoms with Crippen molar-refractivity contribution in [2.45, 2.75) is 0 Å². The van der Waals surface area contributed by atoms with Crippen molar-refractivity contribution < 1.29 is 66.7 Å². The third-order valence-corrected chi connectivity index (χ3v) is 6.70. The van der Waals surface area contributed by atoms with Crippen LogP contribution in [0.15, 0.2) is 18.2 Å². The number of alkyl halides is 1. The molecule has 0 aliphatic heterocycles. The first kappa shape index (κ1) is 48.1. The Bertz CT molecular complexity index is 988. The van der Waals surface area contributed by atoms with Crippen LogP contribution in [-0.4, -0.2) is 179 Å². The molecule has 1 aromatic rings. The average Bonchev–Trinajstić information content (AvgIpc) is 3.14. The highest BCUT2D eigenvalue weighted by Crippen LogP contribution is 2.28. The van der Waals surface area contributed by atoms with Gasteiger partial charge in [-0.15, -0.1) is 0 Å². The van der Waals surface area contributed by atoms with Gasteiger partial charge in [0.1, 0.15) is 5.69 Å². The van der Waals surface area contributed by atoms with Crippen molar-refractivity contribution in [3.63, 3.8) is 0 Å². The van der Waals surface area contributed by atoms with E-state index in [2.05, 4.69) is 27.9 Å². The third kappa shape index (κ3) is 30.5. The van der Waals surface area contributed by atoms with Gasteiger partial charge in [0.05, 0.1) is 174 Å². The number of halogens is 1. The van der Waals surface area contributed by atoms with Crippen LogP contribution in [0.5, 0.6) is 0 Å². The Labute approximate surface area is 318 Å². The zero-order chi connectivity index (χ0) is 37.6. The fourth-order valence-electron chi connectivity index (χ4n) is 3.77. The summed E-state index contributed by atoms with van der Waals surface area (Å²) in [6, 6.07) is 3.43. The molecule has 0 amide bonds. The highest BCUT2D eigenvalue weighted by molar-refractivity contribution is 14.1. The van der Waals surface area contributed by atoms with Crippen molar-refractivity contribution in [1.82, 2.24) is 0 Å². The fraction of sp³-hybridized carbons (Fsp3) is 0.812. The van der Waals surface area contributed by atoms with Crippen LogP contribution in [0.1, 0.15) is 0 Å². The molecule has 0 fully saturated rings. The van der Waals surface area contributed by atoms with Crippen molar-refractivity contribution in [3.05, 3.63) is 38.4 Å². The van der Waals surface area contributed by atoms with Gasteiger partial charge < -0.3 is 62.2 Å². The van der Waals surface area contributed by atoms with Gasteiger partial charge in [-0.05, 0) is 6.07 Å². The predicted octanol–water partition coefficient (Wildman–Crippen LogP) is 2.55. The summed E-state index contributed by atoms with van der Waals surface area (Å²) in [6.07, 6.45) is 0. The van der Waals surface area contributed by atoms with E-state index in [1.807, 2.05) is 0 Å². The summed E-state index contributed by atoms with van der Waals surface area (Å²) in [5.41, 5.74) is -0.527. The topological polar surface area (TPSA) is 209 Å². The number of nitro groups is 2. The lowest BCUT2D eigenvalue weighted by atomic mass is 10.2. The molecule has 302 valence electrons. The number of benzene rings is 1. The number of nitrogens with zero attached hydrogens (tertiary/aromatic N) is 2. The quantitative estimate of drug-likeness (QED) is 0.0330. The molecule has 52 heavy (non-hydrogen) atoms. The van der Waals surface area contributed by atoms with Crippen molar-refractivity contribution in [3.8, 4) is 0 Å². The smallest absolute Gasteiger partial charge is 0.299 e. The van der Waals surface area contributed by atoms with Crippen LogP contribution < -0.4 is 5.32 Å². The molecule has 0 saturated heterocycles. The summed E-state index contributed by atoms with van der Waals surface area (Å²) < 4.78 is 66.2. The molecule has 0 aliphatic rings. The molecule has 0 saturated carbocycles. The van der Waals surface area contributed by atoms with Crippen LogP contribution in [0.2, 0.25) is 0 Å². The first-order valence-corrected chi connectivity index (χ1v) is 18.7. The maximum absolute atomic E-state index is 11.1. The number of nitro benzene ring substituents is 2. The lowest BCUT2D eigenvalue weighted by Crippen LogP contribution is -2.16. The van der Waals surface area contributed by atoms with Crippen LogP contribution in [0.3, 0.4) is 0 Å². The van der Waals surface area contributed by atoms with E-state index in [0.29, 0.717) is 145 Å². The maximum Gasteiger partial charge on any atom is 0.299 e. The molecule has 19 nitrogen and oxygen atoms in total. The zero-order valence-corrected chi connectivity index (χ0v) is 32.1. The highest BCUT2D eigenvalue weighted by atomic mass is 127. The summed E-state index contributed by atoms with van der Waals surface area (Å²) >= 11 is 2.27. The molecule has 0 atom stereocenters. The minimum atomic E-state index is -0.681. The lowest BCUT2D eigenvalue weighted by Gasteiger charge is -2.09. The van der Waals surface area contributed by atoms with Gasteiger partial charge in [-0.25, -0.2) is 0 Å². The molecule has 0 aromatic heterocycles. The highest BCUT2D eigenvalue weighted by Gasteiger charge is 2.19. The Hall–Kier alpha value is -1.93. The molecule has 0 heterocycles. The van der Waals surface area contributed by atoms with Crippen molar-refractivity contribution in [2.75, 3.05) is 175 Å². The number of hydrogen-bond acceptors (Lipinski definition) is 17. The summed E-state index contributed by atoms with van der Waals surface area (Å²) in [6.45, 7) is 11.8. The lowest BCUT2D eigenvalue weighted by molar-refractivity contribution is -0.393. The van der Waals surface area contributed by atoms with Gasteiger partial charge >= 0.3 is 0 Å². The number of non-ortho nitro benzene ring substituents is 1. The number of nitrogens with one attached hydrogen (secondary N) is 1. The average molecular weight is 866 g/mol.